The Hall–Kier alpha value is -2.05. The van der Waals surface area contributed by atoms with E-state index >= 15 is 0 Å². The van der Waals surface area contributed by atoms with Crippen LogP contribution in [0.3, 0.4) is 0 Å². The number of fused-ring (bicyclic) bond motifs is 2. The lowest BCUT2D eigenvalue weighted by Crippen LogP contribution is -2.84. The molecule has 2 heterocycles. The monoisotopic (exact) mass is 408 g/mol. The van der Waals surface area contributed by atoms with Crippen molar-refractivity contribution in [1.29, 1.82) is 0 Å². The molecule has 164 valence electrons. The Bertz CT molecular complexity index is 799. The minimum atomic E-state index is -1.36. The quantitative estimate of drug-likeness (QED) is 0.536. The summed E-state index contributed by atoms with van der Waals surface area (Å²) in [6.45, 7) is 21.4. The van der Waals surface area contributed by atoms with E-state index in [2.05, 4.69) is 0 Å². The number of hydrogen-bond acceptors (Lipinski definition) is 5. The molecule has 2 amide bonds. The molecule has 3 aliphatic rings. The molecule has 0 saturated carbocycles. The number of hydrogen-bond donors (Lipinski definition) is 0. The summed E-state index contributed by atoms with van der Waals surface area (Å²) >= 11 is 0. The zero-order valence-corrected chi connectivity index (χ0v) is 19.9. The van der Waals surface area contributed by atoms with E-state index in [-0.39, 0.29) is 5.78 Å². The molecule has 29 heavy (non-hydrogen) atoms. The maximum Gasteiger partial charge on any atom is 0.430 e. The second kappa shape index (κ2) is 6.22. The zero-order chi connectivity index (χ0) is 23.0. The van der Waals surface area contributed by atoms with Gasteiger partial charge in [-0.3, -0.25) is 4.79 Å². The third-order valence-electron chi connectivity index (χ3n) is 6.43. The summed E-state index contributed by atoms with van der Waals surface area (Å²) in [6, 6.07) is 0. The molecule has 0 radical (unpaired) electrons. The Kier molecular flexibility index (Phi) is 4.98. The second-order valence-electron chi connectivity index (χ2n) is 10.9. The van der Waals surface area contributed by atoms with Crippen molar-refractivity contribution in [1.82, 2.24) is 10.0 Å². The zero-order valence-electron chi connectivity index (χ0n) is 19.9. The predicted octanol–water partition coefficient (Wildman–Crippen LogP) is 4.85. The van der Waals surface area contributed by atoms with Crippen LogP contribution in [0, 0.1) is 5.41 Å². The topological polar surface area (TPSA) is 76.2 Å². The Labute approximate surface area is 174 Å². The fourth-order valence-corrected chi connectivity index (χ4v) is 4.42. The van der Waals surface area contributed by atoms with Gasteiger partial charge in [-0.25, -0.2) is 14.6 Å². The van der Waals surface area contributed by atoms with Crippen LogP contribution in [0.25, 0.3) is 0 Å². The van der Waals surface area contributed by atoms with Gasteiger partial charge >= 0.3 is 12.2 Å². The molecule has 7 heteroatoms. The maximum atomic E-state index is 13.7. The number of hydrazine groups is 1. The molecule has 0 unspecified atom stereocenters. The van der Waals surface area contributed by atoms with Crippen LogP contribution in [0.4, 0.5) is 9.59 Å². The fraction of sp³-hybridized carbons (Fsp3) is 0.773. The van der Waals surface area contributed by atoms with E-state index in [1.165, 1.54) is 10.0 Å². The molecular formula is C22H36N2O5. The van der Waals surface area contributed by atoms with Gasteiger partial charge in [0.15, 0.2) is 5.78 Å². The van der Waals surface area contributed by atoms with Gasteiger partial charge in [0.1, 0.15) is 16.7 Å². The largest absolute Gasteiger partial charge is 0.442 e. The van der Waals surface area contributed by atoms with Crippen molar-refractivity contribution in [2.45, 2.75) is 105 Å². The lowest BCUT2D eigenvalue weighted by Gasteiger charge is -2.67. The first-order valence-corrected chi connectivity index (χ1v) is 10.0. The first-order chi connectivity index (χ1) is 12.7. The summed E-state index contributed by atoms with van der Waals surface area (Å²) in [5.74, 6) is -0.138. The summed E-state index contributed by atoms with van der Waals surface area (Å²) in [5, 5.41) is 2.47. The van der Waals surface area contributed by atoms with Crippen LogP contribution in [0.5, 0.6) is 0 Å². The van der Waals surface area contributed by atoms with Crippen LogP contribution in [0.1, 0.15) is 83.1 Å². The van der Waals surface area contributed by atoms with Crippen molar-refractivity contribution in [2.24, 2.45) is 5.41 Å². The van der Waals surface area contributed by atoms with E-state index in [4.69, 9.17) is 9.47 Å². The number of ether oxygens (including phenoxy) is 2. The molecule has 2 atom stereocenters. The number of carbonyl (C=O) groups is 3. The molecule has 3 rings (SSSR count). The molecular weight excluding hydrogens is 372 g/mol. The maximum absolute atomic E-state index is 13.7. The van der Waals surface area contributed by atoms with Gasteiger partial charge in [-0.2, -0.15) is 5.01 Å². The molecule has 1 aliphatic carbocycles. The minimum absolute atomic E-state index is 0.138. The van der Waals surface area contributed by atoms with Crippen LogP contribution in [-0.2, 0) is 14.3 Å². The number of amides is 2. The molecule has 0 aromatic carbocycles. The highest BCUT2D eigenvalue weighted by Crippen LogP contribution is 2.58. The van der Waals surface area contributed by atoms with E-state index in [0.29, 0.717) is 0 Å². The Morgan fingerprint density at radius 1 is 0.759 bits per heavy atom. The van der Waals surface area contributed by atoms with Gasteiger partial charge in [-0.1, -0.05) is 13.8 Å². The Balaban J connectivity index is 2.81. The van der Waals surface area contributed by atoms with Crippen LogP contribution in [-0.4, -0.2) is 50.3 Å². The minimum Gasteiger partial charge on any atom is -0.442 e. The first-order valence-electron chi connectivity index (χ1n) is 10.0. The van der Waals surface area contributed by atoms with E-state index in [0.717, 1.165) is 11.1 Å². The summed E-state index contributed by atoms with van der Waals surface area (Å²) in [7, 11) is 0. The van der Waals surface area contributed by atoms with Crippen LogP contribution < -0.4 is 0 Å². The highest BCUT2D eigenvalue weighted by molar-refractivity contribution is 6.04. The number of carbonyl (C=O) groups excluding carboxylic acids is 3. The van der Waals surface area contributed by atoms with E-state index in [1.807, 2.05) is 34.6 Å². The molecule has 0 spiro atoms. The van der Waals surface area contributed by atoms with Crippen LogP contribution >= 0.6 is 0 Å². The average Bonchev–Trinajstić information content (AvgIpc) is 2.50. The first kappa shape index (κ1) is 23.2. The molecule has 2 aliphatic heterocycles. The summed E-state index contributed by atoms with van der Waals surface area (Å²) in [5.41, 5.74) is -3.34. The van der Waals surface area contributed by atoms with Crippen molar-refractivity contribution >= 4 is 18.0 Å². The van der Waals surface area contributed by atoms with Gasteiger partial charge in [-0.15, -0.1) is 0 Å². The molecule has 0 aromatic rings. The number of Topliss-reactive ketones (excluding diaryl/α,β-unsaturated/α-hetero) is 1. The van der Waals surface area contributed by atoms with Gasteiger partial charge in [0.2, 0.25) is 0 Å². The standard InChI is InChI=1S/C22H36N2O5/c1-13-14(2)22(12)20(9,10)15(25)21(13,11)23(16(26)28-18(3,4)5)24(22)17(27)29-19(6,7)8/h1-12H3/t21-,22+/m0/s1. The summed E-state index contributed by atoms with van der Waals surface area (Å²) in [4.78, 5) is 40.4. The van der Waals surface area contributed by atoms with Gasteiger partial charge in [-0.05, 0) is 80.4 Å². The van der Waals surface area contributed by atoms with Crippen molar-refractivity contribution in [3.05, 3.63) is 11.1 Å². The van der Waals surface area contributed by atoms with Gasteiger partial charge < -0.3 is 9.47 Å². The number of nitrogens with zero attached hydrogens (tertiary/aromatic N) is 2. The predicted molar refractivity (Wildman–Crippen MR) is 110 cm³/mol. The highest BCUT2D eigenvalue weighted by Gasteiger charge is 2.73. The van der Waals surface area contributed by atoms with Gasteiger partial charge in [0.25, 0.3) is 0 Å². The van der Waals surface area contributed by atoms with Crippen molar-refractivity contribution in [3.8, 4) is 0 Å². The normalized spacial score (nSPS) is 29.3. The molecule has 1 fully saturated rings. The smallest absolute Gasteiger partial charge is 0.430 e. The lowest BCUT2D eigenvalue weighted by molar-refractivity contribution is -0.204. The third kappa shape index (κ3) is 3.13. The van der Waals surface area contributed by atoms with Crippen LogP contribution in [0.15, 0.2) is 11.1 Å². The average molecular weight is 409 g/mol. The van der Waals surface area contributed by atoms with E-state index in [1.54, 1.807) is 48.5 Å². The summed E-state index contributed by atoms with van der Waals surface area (Å²) < 4.78 is 11.3. The number of ketones is 1. The SMILES string of the molecule is CC1=C(C)[C@@]2(C)N(C(=O)OC(C)(C)C)N(C(=O)OC(C)(C)C)[C@]1(C)C(=O)C2(C)C. The lowest BCUT2D eigenvalue weighted by atomic mass is 9.53. The molecule has 2 bridgehead atoms. The fourth-order valence-electron chi connectivity index (χ4n) is 4.42. The van der Waals surface area contributed by atoms with Gasteiger partial charge in [0.05, 0.1) is 11.0 Å². The summed E-state index contributed by atoms with van der Waals surface area (Å²) in [6.07, 6.45) is -1.45. The molecule has 1 saturated heterocycles. The number of rotatable bonds is 0. The molecule has 0 N–H and O–H groups in total. The molecule has 7 nitrogen and oxygen atoms in total. The van der Waals surface area contributed by atoms with E-state index < -0.39 is 39.9 Å². The Morgan fingerprint density at radius 3 is 1.52 bits per heavy atom. The highest BCUT2D eigenvalue weighted by atomic mass is 16.6. The van der Waals surface area contributed by atoms with Crippen molar-refractivity contribution < 1.29 is 23.9 Å². The Morgan fingerprint density at radius 2 is 1.14 bits per heavy atom. The van der Waals surface area contributed by atoms with Crippen molar-refractivity contribution in [2.75, 3.05) is 0 Å². The molecule has 0 aromatic heterocycles. The van der Waals surface area contributed by atoms with Gasteiger partial charge in [0, 0.05) is 0 Å². The second-order valence-corrected chi connectivity index (χ2v) is 10.9. The van der Waals surface area contributed by atoms with Crippen LogP contribution in [0.2, 0.25) is 0 Å². The van der Waals surface area contributed by atoms with E-state index in [9.17, 15) is 14.4 Å². The third-order valence-corrected chi connectivity index (χ3v) is 6.43. The van der Waals surface area contributed by atoms with Crippen molar-refractivity contribution in [3.63, 3.8) is 0 Å².